The minimum absolute atomic E-state index is 0.269. The Morgan fingerprint density at radius 3 is 2.08 bits per heavy atom. The number of nitrogens with zero attached hydrogens (tertiary/aromatic N) is 3. The molecule has 1 spiro atoms. The van der Waals surface area contributed by atoms with Crippen molar-refractivity contribution in [3.05, 3.63) is 0 Å². The van der Waals surface area contributed by atoms with E-state index in [0.717, 1.165) is 12.6 Å². The van der Waals surface area contributed by atoms with Gasteiger partial charge in [0.15, 0.2) is 0 Å². The van der Waals surface area contributed by atoms with Crippen LogP contribution in [0.2, 0.25) is 0 Å². The van der Waals surface area contributed by atoms with Crippen LogP contribution in [0.3, 0.4) is 0 Å². The summed E-state index contributed by atoms with van der Waals surface area (Å²) >= 11 is 0. The molecule has 0 atom stereocenters. The molecule has 4 rings (SSSR count). The standard InChI is InChI=1S/C20H39N5/c1-18(2,3)24-10-17(11-24)23-8-16(9-23)22-12-19(4,5)25-13-20(14-25)6-15(21)7-20/h15-17,22H,6-14,21H2,1-5H3. The van der Waals surface area contributed by atoms with Crippen molar-refractivity contribution >= 4 is 0 Å². The summed E-state index contributed by atoms with van der Waals surface area (Å²) in [6.45, 7) is 20.4. The number of rotatable bonds is 5. The lowest BCUT2D eigenvalue weighted by Gasteiger charge is -2.63. The first-order valence-corrected chi connectivity index (χ1v) is 10.3. The molecule has 4 aliphatic rings. The molecular weight excluding hydrogens is 310 g/mol. The molecule has 144 valence electrons. The van der Waals surface area contributed by atoms with Gasteiger partial charge in [0.1, 0.15) is 0 Å². The molecule has 1 aliphatic carbocycles. The highest BCUT2D eigenvalue weighted by molar-refractivity contribution is 5.09. The molecule has 0 amide bonds. The van der Waals surface area contributed by atoms with E-state index in [-0.39, 0.29) is 5.54 Å². The Balaban J connectivity index is 1.13. The summed E-state index contributed by atoms with van der Waals surface area (Å²) < 4.78 is 0. The summed E-state index contributed by atoms with van der Waals surface area (Å²) in [6.07, 6.45) is 2.50. The van der Waals surface area contributed by atoms with Crippen molar-refractivity contribution in [2.45, 2.75) is 76.7 Å². The zero-order valence-electron chi connectivity index (χ0n) is 17.0. The van der Waals surface area contributed by atoms with Crippen molar-refractivity contribution < 1.29 is 0 Å². The third-order valence-electron chi connectivity index (χ3n) is 7.36. The fraction of sp³-hybridized carbons (Fsp3) is 1.00. The Labute approximate surface area is 154 Å². The van der Waals surface area contributed by atoms with Gasteiger partial charge in [-0.05, 0) is 52.9 Å². The lowest BCUT2D eigenvalue weighted by Crippen LogP contribution is -2.73. The number of hydrogen-bond donors (Lipinski definition) is 2. The van der Waals surface area contributed by atoms with Crippen LogP contribution >= 0.6 is 0 Å². The number of nitrogens with one attached hydrogen (secondary N) is 1. The molecule has 0 aromatic rings. The van der Waals surface area contributed by atoms with E-state index >= 15 is 0 Å². The fourth-order valence-corrected chi connectivity index (χ4v) is 5.18. The third-order valence-corrected chi connectivity index (χ3v) is 7.36. The highest BCUT2D eigenvalue weighted by Crippen LogP contribution is 2.49. The minimum atomic E-state index is 0.269. The monoisotopic (exact) mass is 349 g/mol. The Kier molecular flexibility index (Phi) is 4.29. The maximum atomic E-state index is 5.99. The lowest BCUT2D eigenvalue weighted by atomic mass is 9.60. The summed E-state index contributed by atoms with van der Waals surface area (Å²) in [5.74, 6) is 0. The van der Waals surface area contributed by atoms with Crippen LogP contribution in [0, 0.1) is 5.41 Å². The van der Waals surface area contributed by atoms with Crippen LogP contribution in [-0.4, -0.2) is 89.7 Å². The molecule has 0 bridgehead atoms. The van der Waals surface area contributed by atoms with Crippen LogP contribution in [0.5, 0.6) is 0 Å². The van der Waals surface area contributed by atoms with Crippen molar-refractivity contribution in [1.29, 1.82) is 0 Å². The SMILES string of the molecule is CC(C)(C)N1CC(N2CC(NCC(C)(C)N3CC4(CC(N)C4)C3)C2)C1. The van der Waals surface area contributed by atoms with Crippen LogP contribution in [0.1, 0.15) is 47.5 Å². The minimum Gasteiger partial charge on any atom is -0.328 e. The highest BCUT2D eigenvalue weighted by atomic mass is 15.4. The lowest BCUT2D eigenvalue weighted by molar-refractivity contribution is -0.118. The Bertz CT molecular complexity index is 485. The van der Waals surface area contributed by atoms with Gasteiger partial charge in [-0.15, -0.1) is 0 Å². The van der Waals surface area contributed by atoms with E-state index in [1.165, 1.54) is 52.1 Å². The maximum Gasteiger partial charge on any atom is 0.0352 e. The second-order valence-electron chi connectivity index (χ2n) is 11.1. The van der Waals surface area contributed by atoms with Crippen LogP contribution in [0.4, 0.5) is 0 Å². The quantitative estimate of drug-likeness (QED) is 0.774. The average molecular weight is 350 g/mol. The topological polar surface area (TPSA) is 47.8 Å². The molecule has 3 heterocycles. The number of nitrogens with two attached hydrogens (primary N) is 1. The normalized spacial score (nSPS) is 30.0. The summed E-state index contributed by atoms with van der Waals surface area (Å²) in [5.41, 5.74) is 7.18. The van der Waals surface area contributed by atoms with Gasteiger partial charge in [-0.2, -0.15) is 0 Å². The van der Waals surface area contributed by atoms with Gasteiger partial charge in [0.2, 0.25) is 0 Å². The molecule has 0 unspecified atom stereocenters. The summed E-state index contributed by atoms with van der Waals surface area (Å²) in [6, 6.07) is 1.96. The third kappa shape index (κ3) is 3.39. The average Bonchev–Trinajstić information content (AvgIpc) is 2.29. The smallest absolute Gasteiger partial charge is 0.0352 e. The predicted octanol–water partition coefficient (Wildman–Crippen LogP) is 0.945. The van der Waals surface area contributed by atoms with Crippen LogP contribution < -0.4 is 11.1 Å². The van der Waals surface area contributed by atoms with Gasteiger partial charge >= 0.3 is 0 Å². The molecular formula is C20H39N5. The summed E-state index contributed by atoms with van der Waals surface area (Å²) in [4.78, 5) is 7.92. The van der Waals surface area contributed by atoms with E-state index in [1.807, 2.05) is 0 Å². The molecule has 5 nitrogen and oxygen atoms in total. The largest absolute Gasteiger partial charge is 0.328 e. The van der Waals surface area contributed by atoms with Crippen LogP contribution in [0.15, 0.2) is 0 Å². The van der Waals surface area contributed by atoms with Crippen molar-refractivity contribution in [1.82, 2.24) is 20.0 Å². The second kappa shape index (κ2) is 5.90. The Hall–Kier alpha value is -0.200. The van der Waals surface area contributed by atoms with E-state index in [4.69, 9.17) is 5.73 Å². The first kappa shape index (κ1) is 18.2. The zero-order valence-corrected chi connectivity index (χ0v) is 17.0. The van der Waals surface area contributed by atoms with E-state index in [0.29, 0.717) is 23.0 Å². The second-order valence-corrected chi connectivity index (χ2v) is 11.1. The Morgan fingerprint density at radius 2 is 1.56 bits per heavy atom. The van der Waals surface area contributed by atoms with Crippen LogP contribution in [-0.2, 0) is 0 Å². The van der Waals surface area contributed by atoms with E-state index in [9.17, 15) is 0 Å². The molecule has 3 N–H and O–H groups in total. The van der Waals surface area contributed by atoms with E-state index in [1.54, 1.807) is 0 Å². The molecule has 0 aromatic heterocycles. The highest BCUT2D eigenvalue weighted by Gasteiger charge is 2.54. The van der Waals surface area contributed by atoms with Crippen molar-refractivity contribution in [2.24, 2.45) is 11.1 Å². The number of likely N-dealkylation sites (tertiary alicyclic amines) is 3. The predicted molar refractivity (Wildman–Crippen MR) is 104 cm³/mol. The van der Waals surface area contributed by atoms with Gasteiger partial charge in [0.05, 0.1) is 0 Å². The first-order valence-electron chi connectivity index (χ1n) is 10.3. The van der Waals surface area contributed by atoms with E-state index in [2.05, 4.69) is 54.6 Å². The first-order chi connectivity index (χ1) is 11.6. The van der Waals surface area contributed by atoms with Crippen LogP contribution in [0.25, 0.3) is 0 Å². The fourth-order valence-electron chi connectivity index (χ4n) is 5.18. The maximum absolute atomic E-state index is 5.99. The van der Waals surface area contributed by atoms with Gasteiger partial charge in [0, 0.05) is 75.0 Å². The van der Waals surface area contributed by atoms with Crippen molar-refractivity contribution in [3.63, 3.8) is 0 Å². The molecule has 3 aliphatic heterocycles. The van der Waals surface area contributed by atoms with E-state index < -0.39 is 0 Å². The van der Waals surface area contributed by atoms with Gasteiger partial charge in [-0.3, -0.25) is 14.7 Å². The molecule has 5 heteroatoms. The molecule has 4 fully saturated rings. The van der Waals surface area contributed by atoms with Crippen molar-refractivity contribution in [2.75, 3.05) is 45.8 Å². The Morgan fingerprint density at radius 1 is 0.960 bits per heavy atom. The summed E-state index contributed by atoms with van der Waals surface area (Å²) in [7, 11) is 0. The molecule has 0 aromatic carbocycles. The molecule has 0 radical (unpaired) electrons. The zero-order chi connectivity index (χ0) is 18.0. The molecule has 1 saturated carbocycles. The van der Waals surface area contributed by atoms with Gasteiger partial charge in [-0.1, -0.05) is 0 Å². The van der Waals surface area contributed by atoms with Gasteiger partial charge < -0.3 is 11.1 Å². The summed E-state index contributed by atoms with van der Waals surface area (Å²) in [5, 5.41) is 3.83. The molecule has 25 heavy (non-hydrogen) atoms. The number of hydrogen-bond acceptors (Lipinski definition) is 5. The van der Waals surface area contributed by atoms with Gasteiger partial charge in [0.25, 0.3) is 0 Å². The van der Waals surface area contributed by atoms with Gasteiger partial charge in [-0.25, -0.2) is 0 Å². The van der Waals surface area contributed by atoms with Crippen molar-refractivity contribution in [3.8, 4) is 0 Å². The molecule has 3 saturated heterocycles.